The molecule has 1 aromatic carbocycles. The number of rotatable bonds is 3. The van der Waals surface area contributed by atoms with E-state index >= 15 is 0 Å². The molecule has 0 aliphatic carbocycles. The van der Waals surface area contributed by atoms with Crippen LogP contribution in [0.1, 0.15) is 17.5 Å². The summed E-state index contributed by atoms with van der Waals surface area (Å²) < 4.78 is 0. The second-order valence-electron chi connectivity index (χ2n) is 4.57. The zero-order valence-electron chi connectivity index (χ0n) is 9.85. The third-order valence-electron chi connectivity index (χ3n) is 3.07. The van der Waals surface area contributed by atoms with E-state index in [9.17, 15) is 9.59 Å². The van der Waals surface area contributed by atoms with Crippen LogP contribution in [0.15, 0.2) is 24.3 Å². The van der Waals surface area contributed by atoms with Gasteiger partial charge in [0.25, 0.3) is 0 Å². The minimum atomic E-state index is -0.384. The Morgan fingerprint density at radius 2 is 2.29 bits per heavy atom. The summed E-state index contributed by atoms with van der Waals surface area (Å²) in [6, 6.07) is 8.01. The van der Waals surface area contributed by atoms with Crippen LogP contribution in [0.4, 0.5) is 0 Å². The summed E-state index contributed by atoms with van der Waals surface area (Å²) in [6.45, 7) is 3.02. The first-order chi connectivity index (χ1) is 8.06. The molecule has 1 aliphatic rings. The van der Waals surface area contributed by atoms with Crippen molar-refractivity contribution in [2.24, 2.45) is 11.7 Å². The fourth-order valence-corrected chi connectivity index (χ4v) is 2.15. The largest absolute Gasteiger partial charge is 0.369 e. The Bertz CT molecular complexity index is 456. The van der Waals surface area contributed by atoms with Crippen molar-refractivity contribution in [1.29, 1.82) is 0 Å². The van der Waals surface area contributed by atoms with Crippen LogP contribution < -0.4 is 5.73 Å². The fraction of sp³-hybridized carbons (Fsp3) is 0.385. The monoisotopic (exact) mass is 232 g/mol. The summed E-state index contributed by atoms with van der Waals surface area (Å²) in [5.74, 6) is -0.701. The molecule has 0 radical (unpaired) electrons. The second kappa shape index (κ2) is 4.57. The quantitative estimate of drug-likeness (QED) is 0.839. The molecule has 0 saturated carbocycles. The van der Waals surface area contributed by atoms with Crippen LogP contribution in [-0.4, -0.2) is 23.3 Å². The van der Waals surface area contributed by atoms with Crippen LogP contribution >= 0.6 is 0 Å². The Kier molecular flexibility index (Phi) is 3.13. The molecule has 0 bridgehead atoms. The van der Waals surface area contributed by atoms with Gasteiger partial charge < -0.3 is 10.6 Å². The Morgan fingerprint density at radius 3 is 2.88 bits per heavy atom. The number of likely N-dealkylation sites (tertiary alicyclic amines) is 1. The average molecular weight is 232 g/mol. The van der Waals surface area contributed by atoms with E-state index in [-0.39, 0.29) is 24.2 Å². The number of nitrogens with two attached hydrogens (primary N) is 1. The van der Waals surface area contributed by atoms with Gasteiger partial charge in [-0.2, -0.15) is 0 Å². The molecular formula is C13H16N2O2. The SMILES string of the molecule is Cc1cccc(CN2CC(C(N)=O)CC2=O)c1. The smallest absolute Gasteiger partial charge is 0.223 e. The normalized spacial score (nSPS) is 19.7. The van der Waals surface area contributed by atoms with Crippen molar-refractivity contribution in [2.75, 3.05) is 6.54 Å². The second-order valence-corrected chi connectivity index (χ2v) is 4.57. The van der Waals surface area contributed by atoms with Gasteiger partial charge in [-0.25, -0.2) is 0 Å². The number of nitrogens with zero attached hydrogens (tertiary/aromatic N) is 1. The van der Waals surface area contributed by atoms with E-state index in [0.29, 0.717) is 13.1 Å². The van der Waals surface area contributed by atoms with Gasteiger partial charge in [-0.15, -0.1) is 0 Å². The minimum Gasteiger partial charge on any atom is -0.369 e. The Balaban J connectivity index is 2.05. The number of aryl methyl sites for hydroxylation is 1. The summed E-state index contributed by atoms with van der Waals surface area (Å²) in [6.07, 6.45) is 0.251. The highest BCUT2D eigenvalue weighted by molar-refractivity contribution is 5.88. The molecular weight excluding hydrogens is 216 g/mol. The molecule has 1 aromatic rings. The van der Waals surface area contributed by atoms with Gasteiger partial charge in [0, 0.05) is 19.5 Å². The van der Waals surface area contributed by atoms with Gasteiger partial charge in [0.1, 0.15) is 0 Å². The fourth-order valence-electron chi connectivity index (χ4n) is 2.15. The number of carbonyl (C=O) groups is 2. The number of benzene rings is 1. The lowest BCUT2D eigenvalue weighted by Crippen LogP contribution is -2.28. The third kappa shape index (κ3) is 2.64. The van der Waals surface area contributed by atoms with Crippen molar-refractivity contribution in [3.05, 3.63) is 35.4 Å². The summed E-state index contributed by atoms with van der Waals surface area (Å²) in [5.41, 5.74) is 7.48. The number of primary amides is 1. The van der Waals surface area contributed by atoms with Crippen molar-refractivity contribution in [3.63, 3.8) is 0 Å². The van der Waals surface area contributed by atoms with Crippen LogP contribution in [0.2, 0.25) is 0 Å². The van der Waals surface area contributed by atoms with E-state index in [1.165, 1.54) is 5.56 Å². The molecule has 1 atom stereocenters. The third-order valence-corrected chi connectivity index (χ3v) is 3.07. The Hall–Kier alpha value is -1.84. The van der Waals surface area contributed by atoms with Gasteiger partial charge in [-0.3, -0.25) is 9.59 Å². The molecule has 1 unspecified atom stereocenters. The molecule has 4 nitrogen and oxygen atoms in total. The highest BCUT2D eigenvalue weighted by Crippen LogP contribution is 2.20. The molecule has 1 aliphatic heterocycles. The van der Waals surface area contributed by atoms with Crippen LogP contribution in [-0.2, 0) is 16.1 Å². The Morgan fingerprint density at radius 1 is 1.53 bits per heavy atom. The summed E-state index contributed by atoms with van der Waals surface area (Å²) in [7, 11) is 0. The first-order valence-corrected chi connectivity index (χ1v) is 5.69. The van der Waals surface area contributed by atoms with E-state index in [1.54, 1.807) is 4.90 Å². The predicted octanol–water partition coefficient (Wildman–Crippen LogP) is 0.829. The predicted molar refractivity (Wildman–Crippen MR) is 63.9 cm³/mol. The van der Waals surface area contributed by atoms with Crippen LogP contribution in [0, 0.1) is 12.8 Å². The lowest BCUT2D eigenvalue weighted by Gasteiger charge is -2.16. The Labute approximate surface area is 100 Å². The number of hydrogen-bond donors (Lipinski definition) is 1. The van der Waals surface area contributed by atoms with Gasteiger partial charge >= 0.3 is 0 Å². The van der Waals surface area contributed by atoms with Crippen molar-refractivity contribution >= 4 is 11.8 Å². The molecule has 1 fully saturated rings. The highest BCUT2D eigenvalue weighted by atomic mass is 16.2. The summed E-state index contributed by atoms with van der Waals surface area (Å²) in [5, 5.41) is 0. The molecule has 4 heteroatoms. The average Bonchev–Trinajstić information content (AvgIpc) is 2.61. The van der Waals surface area contributed by atoms with E-state index in [4.69, 9.17) is 5.73 Å². The maximum atomic E-state index is 11.7. The molecule has 2 N–H and O–H groups in total. The molecule has 0 spiro atoms. The zero-order valence-corrected chi connectivity index (χ0v) is 9.85. The minimum absolute atomic E-state index is 0.00954. The highest BCUT2D eigenvalue weighted by Gasteiger charge is 2.32. The van der Waals surface area contributed by atoms with Gasteiger partial charge in [0.15, 0.2) is 0 Å². The van der Waals surface area contributed by atoms with E-state index in [0.717, 1.165) is 5.56 Å². The molecule has 1 heterocycles. The number of hydrogen-bond acceptors (Lipinski definition) is 2. The standard InChI is InChI=1S/C13H16N2O2/c1-9-3-2-4-10(5-9)7-15-8-11(13(14)17)6-12(15)16/h2-5,11H,6-8H2,1H3,(H2,14,17). The van der Waals surface area contributed by atoms with Crippen LogP contribution in [0.25, 0.3) is 0 Å². The molecule has 0 aromatic heterocycles. The van der Waals surface area contributed by atoms with Gasteiger partial charge in [0.2, 0.25) is 11.8 Å². The van der Waals surface area contributed by atoms with Gasteiger partial charge in [0.05, 0.1) is 5.92 Å². The molecule has 1 saturated heterocycles. The lowest BCUT2D eigenvalue weighted by atomic mass is 10.1. The van der Waals surface area contributed by atoms with Gasteiger partial charge in [-0.05, 0) is 12.5 Å². The maximum absolute atomic E-state index is 11.7. The lowest BCUT2D eigenvalue weighted by molar-refractivity contribution is -0.128. The van der Waals surface area contributed by atoms with Crippen molar-refractivity contribution < 1.29 is 9.59 Å². The number of carbonyl (C=O) groups excluding carboxylic acids is 2. The first kappa shape index (κ1) is 11.6. The van der Waals surface area contributed by atoms with E-state index in [1.807, 2.05) is 31.2 Å². The van der Waals surface area contributed by atoms with Crippen LogP contribution in [0.5, 0.6) is 0 Å². The molecule has 17 heavy (non-hydrogen) atoms. The van der Waals surface area contributed by atoms with Crippen molar-refractivity contribution in [1.82, 2.24) is 4.90 Å². The van der Waals surface area contributed by atoms with Crippen molar-refractivity contribution in [2.45, 2.75) is 19.9 Å². The van der Waals surface area contributed by atoms with Crippen LogP contribution in [0.3, 0.4) is 0 Å². The first-order valence-electron chi connectivity index (χ1n) is 5.69. The van der Waals surface area contributed by atoms with Gasteiger partial charge in [-0.1, -0.05) is 29.8 Å². The molecule has 90 valence electrons. The maximum Gasteiger partial charge on any atom is 0.223 e. The van der Waals surface area contributed by atoms with Crippen molar-refractivity contribution in [3.8, 4) is 0 Å². The summed E-state index contributed by atoms with van der Waals surface area (Å²) >= 11 is 0. The summed E-state index contributed by atoms with van der Waals surface area (Å²) in [4.78, 5) is 24.4. The molecule has 2 rings (SSSR count). The topological polar surface area (TPSA) is 63.4 Å². The molecule has 2 amide bonds. The van der Waals surface area contributed by atoms with E-state index in [2.05, 4.69) is 0 Å². The number of amides is 2. The van der Waals surface area contributed by atoms with E-state index < -0.39 is 0 Å². The zero-order chi connectivity index (χ0) is 12.4.